The highest BCUT2D eigenvalue weighted by Crippen LogP contribution is 2.28. The summed E-state index contributed by atoms with van der Waals surface area (Å²) in [6.45, 7) is 5.58. The standard InChI is InChI=1S/C21H27FN2O3S/c1-16(14-21(2,3)17-10-6-5-7-11-17)23-20(25)15-24(28(4,26)27)19-13-9-8-12-18(19)22/h5-13,16H,14-15H2,1-4H3,(H,23,25). The van der Waals surface area contributed by atoms with Gasteiger partial charge in [0.05, 0.1) is 11.9 Å². The predicted molar refractivity (Wildman–Crippen MR) is 110 cm³/mol. The average molecular weight is 407 g/mol. The molecule has 0 aliphatic carbocycles. The second-order valence-corrected chi connectivity index (χ2v) is 9.55. The van der Waals surface area contributed by atoms with E-state index in [-0.39, 0.29) is 17.1 Å². The molecule has 0 aromatic heterocycles. The van der Waals surface area contributed by atoms with Crippen LogP contribution < -0.4 is 9.62 Å². The normalized spacial score (nSPS) is 13.0. The van der Waals surface area contributed by atoms with E-state index in [1.165, 1.54) is 18.2 Å². The molecule has 0 saturated carbocycles. The molecule has 0 heterocycles. The van der Waals surface area contributed by atoms with Crippen molar-refractivity contribution >= 4 is 21.6 Å². The van der Waals surface area contributed by atoms with E-state index in [0.717, 1.165) is 22.2 Å². The van der Waals surface area contributed by atoms with Crippen LogP contribution in [0.15, 0.2) is 54.6 Å². The van der Waals surface area contributed by atoms with Gasteiger partial charge in [0.15, 0.2) is 0 Å². The van der Waals surface area contributed by atoms with Crippen LogP contribution in [-0.2, 0) is 20.2 Å². The number of nitrogens with zero attached hydrogens (tertiary/aromatic N) is 1. The first-order valence-electron chi connectivity index (χ1n) is 9.08. The Bertz CT molecular complexity index is 914. The van der Waals surface area contributed by atoms with Crippen LogP contribution in [0, 0.1) is 5.82 Å². The minimum Gasteiger partial charge on any atom is -0.352 e. The van der Waals surface area contributed by atoms with Gasteiger partial charge in [-0.05, 0) is 36.5 Å². The molecule has 2 aromatic rings. The third-order valence-electron chi connectivity index (χ3n) is 4.59. The van der Waals surface area contributed by atoms with Crippen molar-refractivity contribution in [2.24, 2.45) is 0 Å². The fourth-order valence-corrected chi connectivity index (χ4v) is 4.17. The minimum atomic E-state index is -3.82. The number of carbonyl (C=O) groups is 1. The lowest BCUT2D eigenvalue weighted by Crippen LogP contribution is -2.45. The van der Waals surface area contributed by atoms with Crippen molar-refractivity contribution in [3.8, 4) is 0 Å². The first-order chi connectivity index (χ1) is 13.0. The maximum absolute atomic E-state index is 14.1. The van der Waals surface area contributed by atoms with Crippen LogP contribution in [0.5, 0.6) is 0 Å². The second kappa shape index (κ2) is 8.73. The van der Waals surface area contributed by atoms with E-state index in [1.54, 1.807) is 0 Å². The number of benzene rings is 2. The van der Waals surface area contributed by atoms with Gasteiger partial charge in [0.25, 0.3) is 0 Å². The molecule has 2 aromatic carbocycles. The van der Waals surface area contributed by atoms with Gasteiger partial charge in [-0.15, -0.1) is 0 Å². The van der Waals surface area contributed by atoms with Crippen molar-refractivity contribution in [1.29, 1.82) is 0 Å². The van der Waals surface area contributed by atoms with Gasteiger partial charge in [-0.3, -0.25) is 9.10 Å². The molecule has 1 unspecified atom stereocenters. The number of hydrogen-bond acceptors (Lipinski definition) is 3. The molecule has 152 valence electrons. The molecule has 7 heteroatoms. The topological polar surface area (TPSA) is 66.5 Å². The lowest BCUT2D eigenvalue weighted by atomic mass is 9.79. The summed E-state index contributed by atoms with van der Waals surface area (Å²) in [7, 11) is -3.82. The van der Waals surface area contributed by atoms with E-state index in [4.69, 9.17) is 0 Å². The molecule has 1 atom stereocenters. The summed E-state index contributed by atoms with van der Waals surface area (Å²) in [6.07, 6.45) is 1.62. The summed E-state index contributed by atoms with van der Waals surface area (Å²) in [6, 6.07) is 15.3. The van der Waals surface area contributed by atoms with Gasteiger partial charge >= 0.3 is 0 Å². The number of sulfonamides is 1. The van der Waals surface area contributed by atoms with Crippen LogP contribution in [0.25, 0.3) is 0 Å². The van der Waals surface area contributed by atoms with Gasteiger partial charge in [-0.2, -0.15) is 0 Å². The molecule has 0 saturated heterocycles. The Morgan fingerprint density at radius 2 is 1.68 bits per heavy atom. The summed E-state index contributed by atoms with van der Waals surface area (Å²) in [4.78, 5) is 12.5. The van der Waals surface area contributed by atoms with E-state index >= 15 is 0 Å². The lowest BCUT2D eigenvalue weighted by molar-refractivity contribution is -0.120. The third-order valence-corrected chi connectivity index (χ3v) is 5.71. The van der Waals surface area contributed by atoms with Crippen LogP contribution in [0.3, 0.4) is 0 Å². The zero-order chi connectivity index (χ0) is 20.9. The van der Waals surface area contributed by atoms with Gasteiger partial charge in [-0.25, -0.2) is 12.8 Å². The first kappa shape index (κ1) is 21.9. The van der Waals surface area contributed by atoms with Crippen molar-refractivity contribution in [1.82, 2.24) is 5.32 Å². The van der Waals surface area contributed by atoms with E-state index in [9.17, 15) is 17.6 Å². The minimum absolute atomic E-state index is 0.141. The first-order valence-corrected chi connectivity index (χ1v) is 10.9. The highest BCUT2D eigenvalue weighted by molar-refractivity contribution is 7.92. The molecular formula is C21H27FN2O3S. The van der Waals surface area contributed by atoms with Crippen LogP contribution >= 0.6 is 0 Å². The molecule has 0 fully saturated rings. The smallest absolute Gasteiger partial charge is 0.240 e. The molecule has 28 heavy (non-hydrogen) atoms. The number of para-hydroxylation sites is 1. The molecule has 5 nitrogen and oxygen atoms in total. The van der Waals surface area contributed by atoms with Crippen molar-refractivity contribution in [3.05, 3.63) is 66.0 Å². The van der Waals surface area contributed by atoms with Crippen LogP contribution in [0.2, 0.25) is 0 Å². The van der Waals surface area contributed by atoms with Gasteiger partial charge in [0.1, 0.15) is 12.4 Å². The highest BCUT2D eigenvalue weighted by Gasteiger charge is 2.27. The Morgan fingerprint density at radius 3 is 2.25 bits per heavy atom. The quantitative estimate of drug-likeness (QED) is 0.730. The highest BCUT2D eigenvalue weighted by atomic mass is 32.2. The summed E-state index contributed by atoms with van der Waals surface area (Å²) >= 11 is 0. The SMILES string of the molecule is CC(CC(C)(C)c1ccccc1)NC(=O)CN(c1ccccc1F)S(C)(=O)=O. The molecule has 0 bridgehead atoms. The number of amides is 1. The van der Waals surface area contributed by atoms with E-state index < -0.39 is 28.3 Å². The predicted octanol–water partition coefficient (Wildman–Crippen LogP) is 3.46. The maximum Gasteiger partial charge on any atom is 0.240 e. The summed E-state index contributed by atoms with van der Waals surface area (Å²) in [5.74, 6) is -1.18. The Morgan fingerprint density at radius 1 is 1.11 bits per heavy atom. The lowest BCUT2D eigenvalue weighted by Gasteiger charge is -2.30. The van der Waals surface area contributed by atoms with Crippen LogP contribution in [0.1, 0.15) is 32.8 Å². The average Bonchev–Trinajstić information content (AvgIpc) is 2.59. The van der Waals surface area contributed by atoms with Crippen molar-refractivity contribution in [2.45, 2.75) is 38.6 Å². The zero-order valence-electron chi connectivity index (χ0n) is 16.6. The van der Waals surface area contributed by atoms with Gasteiger partial charge < -0.3 is 5.32 Å². The number of carbonyl (C=O) groups excluding carboxylic acids is 1. The van der Waals surface area contributed by atoms with Gasteiger partial charge in [-0.1, -0.05) is 56.3 Å². The maximum atomic E-state index is 14.1. The van der Waals surface area contributed by atoms with E-state index in [0.29, 0.717) is 6.42 Å². The molecule has 0 spiro atoms. The van der Waals surface area contributed by atoms with Crippen LogP contribution in [-0.4, -0.2) is 33.2 Å². The molecule has 0 aliphatic rings. The fraction of sp³-hybridized carbons (Fsp3) is 0.381. The van der Waals surface area contributed by atoms with Crippen molar-refractivity contribution in [3.63, 3.8) is 0 Å². The Labute approximate surface area is 166 Å². The fourth-order valence-electron chi connectivity index (χ4n) is 3.31. The number of halogens is 1. The molecule has 0 radical (unpaired) electrons. The largest absolute Gasteiger partial charge is 0.352 e. The monoisotopic (exact) mass is 406 g/mol. The number of rotatable bonds is 8. The van der Waals surface area contributed by atoms with E-state index in [1.807, 2.05) is 37.3 Å². The summed E-state index contributed by atoms with van der Waals surface area (Å²) < 4.78 is 39.0. The Kier molecular flexibility index (Phi) is 6.82. The van der Waals surface area contributed by atoms with Crippen LogP contribution in [0.4, 0.5) is 10.1 Å². The van der Waals surface area contributed by atoms with Gasteiger partial charge in [0, 0.05) is 6.04 Å². The number of nitrogens with one attached hydrogen (secondary N) is 1. The summed E-state index contributed by atoms with van der Waals surface area (Å²) in [5, 5.41) is 2.83. The molecule has 2 rings (SSSR count). The second-order valence-electron chi connectivity index (χ2n) is 7.64. The van der Waals surface area contributed by atoms with Gasteiger partial charge in [0.2, 0.25) is 15.9 Å². The molecule has 1 N–H and O–H groups in total. The van der Waals surface area contributed by atoms with Crippen molar-refractivity contribution in [2.75, 3.05) is 17.1 Å². The molecule has 1 amide bonds. The van der Waals surface area contributed by atoms with E-state index in [2.05, 4.69) is 19.2 Å². The zero-order valence-corrected chi connectivity index (χ0v) is 17.5. The summed E-state index contributed by atoms with van der Waals surface area (Å²) in [5.41, 5.74) is 0.841. The Balaban J connectivity index is 2.08. The number of hydrogen-bond donors (Lipinski definition) is 1. The third kappa shape index (κ3) is 5.79. The number of anilines is 1. The molecule has 0 aliphatic heterocycles. The van der Waals surface area contributed by atoms with Crippen molar-refractivity contribution < 1.29 is 17.6 Å². The molecular weight excluding hydrogens is 379 g/mol. The Hall–Kier alpha value is -2.41.